The van der Waals surface area contributed by atoms with Crippen molar-refractivity contribution in [2.45, 2.75) is 12.3 Å². The molecule has 0 atom stereocenters. The molecule has 3 heteroatoms. The Balaban J connectivity index is 2.43. The van der Waals surface area contributed by atoms with E-state index in [9.17, 15) is 8.78 Å². The molecule has 0 saturated heterocycles. The molecule has 0 N–H and O–H groups in total. The molecule has 0 fully saturated rings. The van der Waals surface area contributed by atoms with Crippen molar-refractivity contribution in [3.05, 3.63) is 71.3 Å². The van der Waals surface area contributed by atoms with Gasteiger partial charge in [-0.15, -0.1) is 0 Å². The van der Waals surface area contributed by atoms with Gasteiger partial charge in [0.2, 0.25) is 0 Å². The second-order valence-electron chi connectivity index (χ2n) is 4.02. The van der Waals surface area contributed by atoms with E-state index in [0.717, 1.165) is 0 Å². The monoisotopic (exact) mass is 243 g/mol. The van der Waals surface area contributed by atoms with E-state index in [1.165, 1.54) is 24.3 Å². The van der Waals surface area contributed by atoms with E-state index in [2.05, 4.69) is 6.07 Å². The molecular weight excluding hydrogens is 232 g/mol. The summed E-state index contributed by atoms with van der Waals surface area (Å²) in [6, 6.07) is 14.2. The molecule has 0 aliphatic carbocycles. The van der Waals surface area contributed by atoms with Crippen LogP contribution in [0.5, 0.6) is 0 Å². The lowest BCUT2D eigenvalue weighted by Crippen LogP contribution is -2.01. The first-order valence-electron chi connectivity index (χ1n) is 5.58. The van der Waals surface area contributed by atoms with E-state index >= 15 is 0 Å². The number of benzene rings is 2. The van der Waals surface area contributed by atoms with Crippen molar-refractivity contribution in [1.29, 1.82) is 5.26 Å². The SMILES string of the molecule is N#CCC(c1cccc(F)c1)c1cccc(F)c1. The first-order valence-corrected chi connectivity index (χ1v) is 5.58. The van der Waals surface area contributed by atoms with Gasteiger partial charge in [0.05, 0.1) is 6.07 Å². The normalized spacial score (nSPS) is 10.3. The highest BCUT2D eigenvalue weighted by atomic mass is 19.1. The number of hydrogen-bond donors (Lipinski definition) is 0. The van der Waals surface area contributed by atoms with E-state index in [0.29, 0.717) is 11.1 Å². The Morgan fingerprint density at radius 3 is 1.83 bits per heavy atom. The summed E-state index contributed by atoms with van der Waals surface area (Å²) in [5.41, 5.74) is 1.37. The molecule has 2 aromatic rings. The molecule has 2 rings (SSSR count). The van der Waals surface area contributed by atoms with Crippen molar-refractivity contribution in [2.75, 3.05) is 0 Å². The maximum absolute atomic E-state index is 13.2. The quantitative estimate of drug-likeness (QED) is 0.799. The molecule has 0 radical (unpaired) electrons. The van der Waals surface area contributed by atoms with E-state index in [4.69, 9.17) is 5.26 Å². The summed E-state index contributed by atoms with van der Waals surface area (Å²) in [7, 11) is 0. The van der Waals surface area contributed by atoms with Crippen LogP contribution in [0.2, 0.25) is 0 Å². The molecule has 0 unspecified atom stereocenters. The van der Waals surface area contributed by atoms with Crippen LogP contribution in [0.1, 0.15) is 23.5 Å². The molecule has 0 bridgehead atoms. The van der Waals surface area contributed by atoms with Crippen LogP contribution in [0.3, 0.4) is 0 Å². The van der Waals surface area contributed by atoms with Crippen molar-refractivity contribution in [3.63, 3.8) is 0 Å². The maximum Gasteiger partial charge on any atom is 0.123 e. The van der Waals surface area contributed by atoms with Gasteiger partial charge in [-0.2, -0.15) is 5.26 Å². The molecule has 0 saturated carbocycles. The standard InChI is InChI=1S/C15H11F2N/c16-13-5-1-3-11(9-13)15(7-8-18)12-4-2-6-14(17)10-12/h1-6,9-10,15H,7H2. The molecule has 1 nitrogen and oxygen atoms in total. The number of hydrogen-bond acceptors (Lipinski definition) is 1. The van der Waals surface area contributed by atoms with Gasteiger partial charge in [0.25, 0.3) is 0 Å². The number of nitrogens with zero attached hydrogens (tertiary/aromatic N) is 1. The van der Waals surface area contributed by atoms with E-state index in [1.54, 1.807) is 24.3 Å². The van der Waals surface area contributed by atoms with Gasteiger partial charge in [0.15, 0.2) is 0 Å². The predicted octanol–water partition coefficient (Wildman–Crippen LogP) is 4.01. The van der Waals surface area contributed by atoms with Crippen LogP contribution in [0, 0.1) is 23.0 Å². The second kappa shape index (κ2) is 5.42. The van der Waals surface area contributed by atoms with E-state index in [-0.39, 0.29) is 24.0 Å². The molecule has 0 aliphatic rings. The molecule has 0 aliphatic heterocycles. The summed E-state index contributed by atoms with van der Waals surface area (Å²) in [6.45, 7) is 0. The van der Waals surface area contributed by atoms with Crippen LogP contribution in [0.4, 0.5) is 8.78 Å². The Hall–Kier alpha value is -2.21. The van der Waals surface area contributed by atoms with Gasteiger partial charge in [0, 0.05) is 12.3 Å². The molecule has 0 heterocycles. The zero-order valence-electron chi connectivity index (χ0n) is 9.61. The van der Waals surface area contributed by atoms with Crippen molar-refractivity contribution < 1.29 is 8.78 Å². The largest absolute Gasteiger partial charge is 0.207 e. The zero-order chi connectivity index (χ0) is 13.0. The summed E-state index contributed by atoms with van der Waals surface area (Å²) < 4.78 is 26.4. The van der Waals surface area contributed by atoms with Crippen LogP contribution in [-0.4, -0.2) is 0 Å². The molecule has 18 heavy (non-hydrogen) atoms. The van der Waals surface area contributed by atoms with Gasteiger partial charge in [-0.05, 0) is 35.4 Å². The van der Waals surface area contributed by atoms with E-state index < -0.39 is 0 Å². The number of nitriles is 1. The molecule has 2 aromatic carbocycles. The lowest BCUT2D eigenvalue weighted by molar-refractivity contribution is 0.619. The van der Waals surface area contributed by atoms with Crippen molar-refractivity contribution in [1.82, 2.24) is 0 Å². The Labute approximate surface area is 104 Å². The topological polar surface area (TPSA) is 23.8 Å². The molecule has 90 valence electrons. The van der Waals surface area contributed by atoms with Crippen LogP contribution >= 0.6 is 0 Å². The fourth-order valence-corrected chi connectivity index (χ4v) is 1.97. The highest BCUT2D eigenvalue weighted by Gasteiger charge is 2.15. The fourth-order valence-electron chi connectivity index (χ4n) is 1.97. The van der Waals surface area contributed by atoms with Gasteiger partial charge < -0.3 is 0 Å². The minimum absolute atomic E-state index is 0.187. The van der Waals surface area contributed by atoms with Crippen LogP contribution < -0.4 is 0 Å². The summed E-state index contributed by atoms with van der Waals surface area (Å²) in [5, 5.41) is 8.86. The van der Waals surface area contributed by atoms with Gasteiger partial charge in [-0.3, -0.25) is 0 Å². The Bertz CT molecular complexity index is 542. The third-order valence-electron chi connectivity index (χ3n) is 2.80. The summed E-state index contributed by atoms with van der Waals surface area (Å²) >= 11 is 0. The van der Waals surface area contributed by atoms with Gasteiger partial charge in [0.1, 0.15) is 11.6 Å². The zero-order valence-corrected chi connectivity index (χ0v) is 9.61. The lowest BCUT2D eigenvalue weighted by Gasteiger charge is -2.14. The summed E-state index contributed by atoms with van der Waals surface area (Å²) in [6.07, 6.45) is 0.187. The van der Waals surface area contributed by atoms with Crippen LogP contribution in [-0.2, 0) is 0 Å². The summed E-state index contributed by atoms with van der Waals surface area (Å²) in [5.74, 6) is -1.01. The first kappa shape index (κ1) is 12.3. The highest BCUT2D eigenvalue weighted by molar-refractivity contribution is 5.34. The van der Waals surface area contributed by atoms with Gasteiger partial charge >= 0.3 is 0 Å². The van der Waals surface area contributed by atoms with Crippen molar-refractivity contribution in [3.8, 4) is 6.07 Å². The summed E-state index contributed by atoms with van der Waals surface area (Å²) in [4.78, 5) is 0. The van der Waals surface area contributed by atoms with Crippen molar-refractivity contribution >= 4 is 0 Å². The lowest BCUT2D eigenvalue weighted by atomic mass is 9.89. The molecule has 0 amide bonds. The van der Waals surface area contributed by atoms with Crippen LogP contribution in [0.25, 0.3) is 0 Å². The van der Waals surface area contributed by atoms with Gasteiger partial charge in [-0.25, -0.2) is 8.78 Å². The average Bonchev–Trinajstić information content (AvgIpc) is 2.36. The van der Waals surface area contributed by atoms with E-state index in [1.807, 2.05) is 0 Å². The number of halogens is 2. The first-order chi connectivity index (χ1) is 8.70. The molecular formula is C15H11F2N. The fraction of sp³-hybridized carbons (Fsp3) is 0.133. The third-order valence-corrected chi connectivity index (χ3v) is 2.80. The average molecular weight is 243 g/mol. The third kappa shape index (κ3) is 2.72. The Morgan fingerprint density at radius 2 is 1.44 bits per heavy atom. The highest BCUT2D eigenvalue weighted by Crippen LogP contribution is 2.28. The minimum Gasteiger partial charge on any atom is -0.207 e. The second-order valence-corrected chi connectivity index (χ2v) is 4.02. The molecule has 0 spiro atoms. The Kier molecular flexibility index (Phi) is 3.69. The Morgan fingerprint density at radius 1 is 0.944 bits per heavy atom. The smallest absolute Gasteiger partial charge is 0.123 e. The van der Waals surface area contributed by atoms with Gasteiger partial charge in [-0.1, -0.05) is 24.3 Å². The van der Waals surface area contributed by atoms with Crippen LogP contribution in [0.15, 0.2) is 48.5 Å². The maximum atomic E-state index is 13.2. The minimum atomic E-state index is -0.355. The number of rotatable bonds is 3. The van der Waals surface area contributed by atoms with Crippen molar-refractivity contribution in [2.24, 2.45) is 0 Å². The molecule has 0 aromatic heterocycles. The predicted molar refractivity (Wildman–Crippen MR) is 64.9 cm³/mol.